The number of carboxylic acid groups (broad SMARTS) is 1. The van der Waals surface area contributed by atoms with E-state index in [-0.39, 0.29) is 17.1 Å². The highest BCUT2D eigenvalue weighted by Gasteiger charge is 2.40. The van der Waals surface area contributed by atoms with Crippen LogP contribution in [-0.4, -0.2) is 27.6 Å². The molecule has 5 nitrogen and oxygen atoms in total. The number of carbonyl (C=O) groups excluding carboxylic acids is 2. The molecule has 3 aromatic rings. The molecule has 5 heteroatoms. The van der Waals surface area contributed by atoms with Crippen molar-refractivity contribution in [2.75, 3.05) is 0 Å². The molecule has 1 heterocycles. The molecule has 0 saturated heterocycles. The highest BCUT2D eigenvalue weighted by atomic mass is 16.4. The largest absolute Gasteiger partial charge is 0.478 e. The Morgan fingerprint density at radius 3 is 2.17 bits per heavy atom. The van der Waals surface area contributed by atoms with Gasteiger partial charge < -0.3 is 5.11 Å². The zero-order valence-corrected chi connectivity index (χ0v) is 12.4. The fourth-order valence-corrected chi connectivity index (χ4v) is 3.13. The Bertz CT molecular complexity index is 1000. The average Bonchev–Trinajstić information content (AvgIpc) is 2.85. The first-order chi connectivity index (χ1) is 11.6. The number of carboxylic acids is 1. The second kappa shape index (κ2) is 5.09. The summed E-state index contributed by atoms with van der Waals surface area (Å²) in [6.45, 7) is 0. The standard InChI is InChI=1S/C19H11NO4/c21-17-11-4-1-2-5-12(11)18(22)16(17)15-9-8-10-13(19(23)24)6-3-7-14(10)20-15/h1-9,16H,(H,23,24). The van der Waals surface area contributed by atoms with Crippen LogP contribution >= 0.6 is 0 Å². The number of hydrogen-bond donors (Lipinski definition) is 1. The number of aromatic nitrogens is 1. The summed E-state index contributed by atoms with van der Waals surface area (Å²) in [5.74, 6) is -2.54. The molecule has 1 N–H and O–H groups in total. The number of pyridine rings is 1. The van der Waals surface area contributed by atoms with Crippen molar-refractivity contribution in [3.05, 3.63) is 77.0 Å². The molecular formula is C19H11NO4. The zero-order valence-electron chi connectivity index (χ0n) is 12.4. The molecule has 1 aliphatic rings. The molecular weight excluding hydrogens is 306 g/mol. The lowest BCUT2D eigenvalue weighted by Crippen LogP contribution is -2.14. The summed E-state index contributed by atoms with van der Waals surface area (Å²) in [4.78, 5) is 40.8. The van der Waals surface area contributed by atoms with Crippen LogP contribution in [0.15, 0.2) is 54.6 Å². The van der Waals surface area contributed by atoms with Crippen LogP contribution in [0.2, 0.25) is 0 Å². The van der Waals surface area contributed by atoms with E-state index in [2.05, 4.69) is 4.98 Å². The van der Waals surface area contributed by atoms with Crippen molar-refractivity contribution >= 4 is 28.4 Å². The van der Waals surface area contributed by atoms with Crippen molar-refractivity contribution in [2.45, 2.75) is 5.92 Å². The van der Waals surface area contributed by atoms with Crippen LogP contribution in [0.5, 0.6) is 0 Å². The van der Waals surface area contributed by atoms with Crippen molar-refractivity contribution in [1.29, 1.82) is 0 Å². The Hall–Kier alpha value is -3.34. The average molecular weight is 317 g/mol. The van der Waals surface area contributed by atoms with E-state index in [1.807, 2.05) is 0 Å². The lowest BCUT2D eigenvalue weighted by Gasteiger charge is -2.09. The Morgan fingerprint density at radius 1 is 0.875 bits per heavy atom. The van der Waals surface area contributed by atoms with Crippen LogP contribution in [0.4, 0.5) is 0 Å². The fraction of sp³-hybridized carbons (Fsp3) is 0.0526. The van der Waals surface area contributed by atoms with E-state index in [1.165, 1.54) is 6.07 Å². The van der Waals surface area contributed by atoms with Crippen molar-refractivity contribution < 1.29 is 19.5 Å². The Balaban J connectivity index is 1.86. The number of fused-ring (bicyclic) bond motifs is 2. The Labute approximate surface area is 136 Å². The number of carbonyl (C=O) groups is 3. The molecule has 4 rings (SSSR count). The molecule has 0 fully saturated rings. The number of nitrogens with zero attached hydrogens (tertiary/aromatic N) is 1. The van der Waals surface area contributed by atoms with Gasteiger partial charge in [-0.1, -0.05) is 36.4 Å². The minimum atomic E-state index is -1.05. The Kier molecular flexibility index (Phi) is 3.03. The third kappa shape index (κ3) is 1.95. The van der Waals surface area contributed by atoms with Gasteiger partial charge >= 0.3 is 5.97 Å². The van der Waals surface area contributed by atoms with E-state index >= 15 is 0 Å². The van der Waals surface area contributed by atoms with Crippen LogP contribution in [0, 0.1) is 0 Å². The summed E-state index contributed by atoms with van der Waals surface area (Å²) in [5.41, 5.74) is 1.75. The number of rotatable bonds is 2. The molecule has 1 aromatic heterocycles. The van der Waals surface area contributed by atoms with Crippen LogP contribution in [0.3, 0.4) is 0 Å². The quantitative estimate of drug-likeness (QED) is 0.734. The maximum atomic E-state index is 12.6. The van der Waals surface area contributed by atoms with Crippen LogP contribution < -0.4 is 0 Å². The summed E-state index contributed by atoms with van der Waals surface area (Å²) in [5, 5.41) is 9.71. The van der Waals surface area contributed by atoms with Crippen LogP contribution in [0.1, 0.15) is 42.7 Å². The fourth-order valence-electron chi connectivity index (χ4n) is 3.13. The molecule has 0 amide bonds. The summed E-state index contributed by atoms with van der Waals surface area (Å²) < 4.78 is 0. The van der Waals surface area contributed by atoms with Crippen molar-refractivity contribution in [2.24, 2.45) is 0 Å². The van der Waals surface area contributed by atoms with E-state index in [0.717, 1.165) is 0 Å². The molecule has 0 saturated carbocycles. The van der Waals surface area contributed by atoms with Gasteiger partial charge in [0.25, 0.3) is 0 Å². The highest BCUT2D eigenvalue weighted by Crippen LogP contribution is 2.33. The molecule has 0 radical (unpaired) electrons. The van der Waals surface area contributed by atoms with E-state index in [0.29, 0.717) is 27.7 Å². The molecule has 0 atom stereocenters. The second-order valence-electron chi connectivity index (χ2n) is 5.62. The van der Waals surface area contributed by atoms with E-state index < -0.39 is 11.9 Å². The molecule has 0 aliphatic heterocycles. The predicted molar refractivity (Wildman–Crippen MR) is 86.5 cm³/mol. The molecule has 2 aromatic carbocycles. The predicted octanol–water partition coefficient (Wildman–Crippen LogP) is 3.10. The third-order valence-corrected chi connectivity index (χ3v) is 4.26. The van der Waals surface area contributed by atoms with E-state index in [9.17, 15) is 19.5 Å². The van der Waals surface area contributed by atoms with Crippen molar-refractivity contribution in [3.63, 3.8) is 0 Å². The summed E-state index contributed by atoms with van der Waals surface area (Å²) in [6.07, 6.45) is 0. The topological polar surface area (TPSA) is 84.3 Å². The molecule has 1 aliphatic carbocycles. The van der Waals surface area contributed by atoms with E-state index in [1.54, 1.807) is 48.5 Å². The van der Waals surface area contributed by atoms with Gasteiger partial charge in [-0.25, -0.2) is 4.79 Å². The molecule has 24 heavy (non-hydrogen) atoms. The van der Waals surface area contributed by atoms with Gasteiger partial charge in [0, 0.05) is 16.5 Å². The summed E-state index contributed by atoms with van der Waals surface area (Å²) >= 11 is 0. The molecule has 0 bridgehead atoms. The highest BCUT2D eigenvalue weighted by molar-refractivity contribution is 6.29. The van der Waals surface area contributed by atoms with Crippen LogP contribution in [0.25, 0.3) is 10.9 Å². The maximum absolute atomic E-state index is 12.6. The summed E-state index contributed by atoms with van der Waals surface area (Å²) in [6, 6.07) is 14.6. The summed E-state index contributed by atoms with van der Waals surface area (Å²) in [7, 11) is 0. The van der Waals surface area contributed by atoms with E-state index in [4.69, 9.17) is 0 Å². The number of Topliss-reactive ketones (excluding diaryl/α,β-unsaturated/α-hetero) is 2. The SMILES string of the molecule is O=C(O)c1cccc2nc(C3C(=O)c4ccccc4C3=O)ccc12. The lowest BCUT2D eigenvalue weighted by molar-refractivity contribution is 0.0698. The monoisotopic (exact) mass is 317 g/mol. The van der Waals surface area contributed by atoms with Gasteiger partial charge in [0.15, 0.2) is 11.6 Å². The smallest absolute Gasteiger partial charge is 0.336 e. The van der Waals surface area contributed by atoms with Gasteiger partial charge in [-0.2, -0.15) is 0 Å². The van der Waals surface area contributed by atoms with Gasteiger partial charge in [0.1, 0.15) is 5.92 Å². The first-order valence-corrected chi connectivity index (χ1v) is 7.38. The van der Waals surface area contributed by atoms with Crippen molar-refractivity contribution in [1.82, 2.24) is 4.98 Å². The second-order valence-corrected chi connectivity index (χ2v) is 5.62. The Morgan fingerprint density at radius 2 is 1.54 bits per heavy atom. The maximum Gasteiger partial charge on any atom is 0.336 e. The van der Waals surface area contributed by atoms with Gasteiger partial charge in [0.2, 0.25) is 0 Å². The van der Waals surface area contributed by atoms with Crippen LogP contribution in [-0.2, 0) is 0 Å². The third-order valence-electron chi connectivity index (χ3n) is 4.26. The van der Waals surface area contributed by atoms with Gasteiger partial charge in [-0.15, -0.1) is 0 Å². The van der Waals surface area contributed by atoms with Gasteiger partial charge in [0.05, 0.1) is 16.8 Å². The van der Waals surface area contributed by atoms with Gasteiger partial charge in [-0.3, -0.25) is 14.6 Å². The molecule has 0 spiro atoms. The lowest BCUT2D eigenvalue weighted by atomic mass is 9.97. The number of benzene rings is 2. The first kappa shape index (κ1) is 14.3. The minimum absolute atomic E-state index is 0.138. The molecule has 116 valence electrons. The number of ketones is 2. The zero-order chi connectivity index (χ0) is 16.8. The first-order valence-electron chi connectivity index (χ1n) is 7.38. The minimum Gasteiger partial charge on any atom is -0.478 e. The number of hydrogen-bond acceptors (Lipinski definition) is 4. The van der Waals surface area contributed by atoms with Crippen molar-refractivity contribution in [3.8, 4) is 0 Å². The number of aromatic carboxylic acids is 1. The normalized spacial score (nSPS) is 14.2. The van der Waals surface area contributed by atoms with Gasteiger partial charge in [-0.05, 0) is 18.2 Å². The molecule has 0 unspecified atom stereocenters.